The number of fused-ring (bicyclic) bond motifs is 1. The van der Waals surface area contributed by atoms with Gasteiger partial charge in [-0.1, -0.05) is 0 Å². The highest BCUT2D eigenvalue weighted by molar-refractivity contribution is 7.89. The Bertz CT molecular complexity index is 1450. The Morgan fingerprint density at radius 1 is 0.969 bits per heavy atom. The predicted octanol–water partition coefficient (Wildman–Crippen LogP) is 1.53. The van der Waals surface area contributed by atoms with E-state index >= 15 is 0 Å². The average Bonchev–Trinajstić information content (AvgIpc) is 3.42. The minimum Gasteiger partial charge on any atom is -0.408 e. The normalized spacial score (nSPS) is 15.5. The Morgan fingerprint density at radius 2 is 1.66 bits per heavy atom. The molecule has 3 aromatic heterocycles. The molecule has 0 spiro atoms. The predicted molar refractivity (Wildman–Crippen MR) is 119 cm³/mol. The molecule has 1 aromatic carbocycles. The molecule has 166 valence electrons. The van der Waals surface area contributed by atoms with Crippen LogP contribution in [0, 0.1) is 6.92 Å². The van der Waals surface area contributed by atoms with E-state index in [1.807, 2.05) is 42.1 Å². The van der Waals surface area contributed by atoms with Crippen LogP contribution >= 0.6 is 0 Å². The van der Waals surface area contributed by atoms with E-state index in [2.05, 4.69) is 14.9 Å². The molecular formula is C21H22N6O4S. The molecule has 4 heterocycles. The summed E-state index contributed by atoms with van der Waals surface area (Å²) in [5.74, 6) is 1.67. The summed E-state index contributed by atoms with van der Waals surface area (Å²) in [6.07, 6.45) is 3.84. The molecule has 5 rings (SSSR count). The first-order chi connectivity index (χ1) is 15.3. The van der Waals surface area contributed by atoms with Crippen LogP contribution in [0.5, 0.6) is 0 Å². The minimum absolute atomic E-state index is 0.141. The smallest absolute Gasteiger partial charge is 0.408 e. The highest BCUT2D eigenvalue weighted by Crippen LogP contribution is 2.24. The monoisotopic (exact) mass is 454 g/mol. The number of benzene rings is 1. The molecule has 11 heteroatoms. The zero-order valence-electron chi connectivity index (χ0n) is 17.7. The lowest BCUT2D eigenvalue weighted by Crippen LogP contribution is -2.49. The molecule has 0 aliphatic carbocycles. The standard InChI is InChI=1S/C21H22N6O4S/c1-15-22-19(25-7-3-4-8-25)14-20(23-15)26-9-11-27(12-10-26)32(29,30)16-5-6-18-17(13-16)24(2)21(28)31-18/h3-8,13-14H,9-12H2,1-2H3. The number of hydrogen-bond donors (Lipinski definition) is 0. The van der Waals surface area contributed by atoms with Crippen LogP contribution in [0.15, 0.2) is 62.9 Å². The highest BCUT2D eigenvalue weighted by atomic mass is 32.2. The van der Waals surface area contributed by atoms with Gasteiger partial charge in [0.1, 0.15) is 17.5 Å². The quantitative estimate of drug-likeness (QED) is 0.460. The Kier molecular flexibility index (Phi) is 4.86. The van der Waals surface area contributed by atoms with Crippen LogP contribution in [0.25, 0.3) is 16.9 Å². The largest absolute Gasteiger partial charge is 0.419 e. The third-order valence-corrected chi connectivity index (χ3v) is 7.54. The zero-order chi connectivity index (χ0) is 22.5. The Hall–Kier alpha value is -3.44. The lowest BCUT2D eigenvalue weighted by atomic mass is 10.3. The van der Waals surface area contributed by atoms with Gasteiger partial charge >= 0.3 is 5.76 Å². The van der Waals surface area contributed by atoms with E-state index in [1.165, 1.54) is 27.1 Å². The first-order valence-corrected chi connectivity index (χ1v) is 11.6. The molecule has 4 aromatic rings. The molecule has 0 amide bonds. The van der Waals surface area contributed by atoms with Gasteiger partial charge in [0.15, 0.2) is 5.58 Å². The van der Waals surface area contributed by atoms with Crippen molar-refractivity contribution in [3.63, 3.8) is 0 Å². The number of hydrogen-bond acceptors (Lipinski definition) is 7. The molecule has 0 saturated carbocycles. The van der Waals surface area contributed by atoms with Crippen molar-refractivity contribution in [2.45, 2.75) is 11.8 Å². The van der Waals surface area contributed by atoms with Crippen LogP contribution in [-0.4, -0.2) is 58.0 Å². The van der Waals surface area contributed by atoms with Crippen molar-refractivity contribution in [2.24, 2.45) is 7.05 Å². The van der Waals surface area contributed by atoms with Crippen LogP contribution in [0.3, 0.4) is 0 Å². The Balaban J connectivity index is 1.37. The summed E-state index contributed by atoms with van der Waals surface area (Å²) in [4.78, 5) is 23.0. The van der Waals surface area contributed by atoms with E-state index in [9.17, 15) is 13.2 Å². The van der Waals surface area contributed by atoms with E-state index in [0.717, 1.165) is 11.6 Å². The van der Waals surface area contributed by atoms with Gasteiger partial charge in [-0.15, -0.1) is 0 Å². The van der Waals surface area contributed by atoms with Crippen LogP contribution in [0.2, 0.25) is 0 Å². The number of anilines is 1. The SMILES string of the molecule is Cc1nc(N2CCN(S(=O)(=O)c3ccc4oc(=O)n(C)c4c3)CC2)cc(-n2cccc2)n1. The van der Waals surface area contributed by atoms with Crippen molar-refractivity contribution < 1.29 is 12.8 Å². The number of piperazine rings is 1. The maximum atomic E-state index is 13.2. The van der Waals surface area contributed by atoms with E-state index in [-0.39, 0.29) is 4.90 Å². The molecule has 32 heavy (non-hydrogen) atoms. The third kappa shape index (κ3) is 3.49. The minimum atomic E-state index is -3.71. The number of sulfonamides is 1. The highest BCUT2D eigenvalue weighted by Gasteiger charge is 2.30. The molecule has 0 radical (unpaired) electrons. The molecule has 1 aliphatic rings. The van der Waals surface area contributed by atoms with Crippen molar-refractivity contribution in [2.75, 3.05) is 31.1 Å². The van der Waals surface area contributed by atoms with Crippen molar-refractivity contribution in [1.82, 2.24) is 23.4 Å². The average molecular weight is 455 g/mol. The van der Waals surface area contributed by atoms with Gasteiger partial charge in [-0.05, 0) is 37.3 Å². The first-order valence-electron chi connectivity index (χ1n) is 10.2. The maximum Gasteiger partial charge on any atom is 0.419 e. The number of aryl methyl sites for hydroxylation is 2. The fourth-order valence-electron chi connectivity index (χ4n) is 3.89. The Labute approximate surface area is 184 Å². The lowest BCUT2D eigenvalue weighted by Gasteiger charge is -2.34. The molecule has 10 nitrogen and oxygen atoms in total. The van der Waals surface area contributed by atoms with Crippen molar-refractivity contribution in [1.29, 1.82) is 0 Å². The van der Waals surface area contributed by atoms with Gasteiger partial charge < -0.3 is 13.9 Å². The molecule has 0 unspecified atom stereocenters. The molecule has 1 fully saturated rings. The second-order valence-electron chi connectivity index (χ2n) is 7.67. The summed E-state index contributed by atoms with van der Waals surface area (Å²) in [7, 11) is -2.16. The van der Waals surface area contributed by atoms with E-state index in [4.69, 9.17) is 4.42 Å². The number of aromatic nitrogens is 4. The second kappa shape index (κ2) is 7.61. The van der Waals surface area contributed by atoms with Gasteiger partial charge in [-0.2, -0.15) is 4.31 Å². The van der Waals surface area contributed by atoms with Crippen LogP contribution in [-0.2, 0) is 17.1 Å². The van der Waals surface area contributed by atoms with Crippen LogP contribution in [0.4, 0.5) is 5.82 Å². The Morgan fingerprint density at radius 3 is 2.38 bits per heavy atom. The summed E-state index contributed by atoms with van der Waals surface area (Å²) in [5, 5.41) is 0. The van der Waals surface area contributed by atoms with Crippen LogP contribution in [0.1, 0.15) is 5.82 Å². The number of oxazole rings is 1. The van der Waals surface area contributed by atoms with Crippen molar-refractivity contribution in [3.05, 3.63) is 65.2 Å². The van der Waals surface area contributed by atoms with Gasteiger partial charge in [0, 0.05) is 51.7 Å². The summed E-state index contributed by atoms with van der Waals surface area (Å²) >= 11 is 0. The molecular weight excluding hydrogens is 432 g/mol. The summed E-state index contributed by atoms with van der Waals surface area (Å²) < 4.78 is 36.2. The van der Waals surface area contributed by atoms with E-state index in [1.54, 1.807) is 7.05 Å². The zero-order valence-corrected chi connectivity index (χ0v) is 18.5. The lowest BCUT2D eigenvalue weighted by molar-refractivity contribution is 0.383. The first kappa shape index (κ1) is 20.5. The fraction of sp³-hybridized carbons (Fsp3) is 0.286. The summed E-state index contributed by atoms with van der Waals surface area (Å²) in [5.41, 5.74) is 0.808. The van der Waals surface area contributed by atoms with E-state index < -0.39 is 15.8 Å². The van der Waals surface area contributed by atoms with E-state index in [0.29, 0.717) is 43.1 Å². The van der Waals surface area contributed by atoms with Gasteiger partial charge in [-0.3, -0.25) is 4.57 Å². The molecule has 0 bridgehead atoms. The topological polar surface area (TPSA) is 106 Å². The van der Waals surface area contributed by atoms with Gasteiger partial charge in [0.25, 0.3) is 0 Å². The number of rotatable bonds is 4. The van der Waals surface area contributed by atoms with Crippen LogP contribution < -0.4 is 10.7 Å². The molecule has 1 saturated heterocycles. The van der Waals surface area contributed by atoms with Crippen molar-refractivity contribution >= 4 is 26.9 Å². The summed E-state index contributed by atoms with van der Waals surface area (Å²) in [6.45, 7) is 3.51. The summed E-state index contributed by atoms with van der Waals surface area (Å²) in [6, 6.07) is 10.2. The van der Waals surface area contributed by atoms with Crippen molar-refractivity contribution in [3.8, 4) is 5.82 Å². The molecule has 0 atom stereocenters. The third-order valence-electron chi connectivity index (χ3n) is 5.64. The van der Waals surface area contributed by atoms with Gasteiger partial charge in [-0.25, -0.2) is 23.2 Å². The number of nitrogens with zero attached hydrogens (tertiary/aromatic N) is 6. The second-order valence-corrected chi connectivity index (χ2v) is 9.61. The fourth-order valence-corrected chi connectivity index (χ4v) is 5.33. The molecule has 1 aliphatic heterocycles. The maximum absolute atomic E-state index is 13.2. The molecule has 0 N–H and O–H groups in total. The van der Waals surface area contributed by atoms with Gasteiger partial charge in [0.05, 0.1) is 10.4 Å². The van der Waals surface area contributed by atoms with Gasteiger partial charge in [0.2, 0.25) is 10.0 Å².